The van der Waals surface area contributed by atoms with Gasteiger partial charge in [-0.1, -0.05) is 18.2 Å². The van der Waals surface area contributed by atoms with Crippen LogP contribution in [-0.2, 0) is 0 Å². The van der Waals surface area contributed by atoms with Gasteiger partial charge in [0.05, 0.1) is 11.9 Å². The van der Waals surface area contributed by atoms with Gasteiger partial charge in [0.2, 0.25) is 0 Å². The second kappa shape index (κ2) is 9.29. The Morgan fingerprint density at radius 2 is 2.09 bits per heavy atom. The van der Waals surface area contributed by atoms with E-state index in [1.165, 1.54) is 6.20 Å². The number of halogens is 1. The Morgan fingerprint density at radius 1 is 1.30 bits per heavy atom. The van der Waals surface area contributed by atoms with Gasteiger partial charge < -0.3 is 20.5 Å². The van der Waals surface area contributed by atoms with E-state index >= 15 is 0 Å². The van der Waals surface area contributed by atoms with E-state index in [4.69, 9.17) is 4.74 Å². The molecular weight excluding hydrogens is 364 g/mol. The number of hydrogen-bond acceptors (Lipinski definition) is 6. The van der Waals surface area contributed by atoms with Crippen LogP contribution in [0.5, 0.6) is 5.75 Å². The summed E-state index contributed by atoms with van der Waals surface area (Å²) in [6, 6.07) is 9.36. The van der Waals surface area contributed by atoms with Gasteiger partial charge in [-0.3, -0.25) is 4.79 Å². The monoisotopic (exact) mass is 382 g/mol. The summed E-state index contributed by atoms with van der Waals surface area (Å²) < 4.78 is 5.88. The van der Waals surface area contributed by atoms with Crippen LogP contribution in [0.3, 0.4) is 0 Å². The van der Waals surface area contributed by atoms with Gasteiger partial charge in [0, 0.05) is 19.6 Å². The first-order valence-corrected chi connectivity index (χ1v) is 8.00. The van der Waals surface area contributed by atoms with Gasteiger partial charge in [-0.05, 0) is 28.1 Å². The molecule has 2 aromatic rings. The van der Waals surface area contributed by atoms with Crippen molar-refractivity contribution in [1.82, 2.24) is 15.5 Å². The fourth-order valence-electron chi connectivity index (χ4n) is 1.83. The summed E-state index contributed by atoms with van der Waals surface area (Å²) in [6.07, 6.45) is 0.941. The molecule has 1 aromatic carbocycles. The highest BCUT2D eigenvalue weighted by molar-refractivity contribution is 9.10. The number of aliphatic hydroxyl groups is 1. The molecule has 0 aliphatic carbocycles. The molecular formula is C15H19BrN4O3. The molecule has 2 rings (SSSR count). The van der Waals surface area contributed by atoms with E-state index in [1.54, 1.807) is 0 Å². The zero-order valence-corrected chi connectivity index (χ0v) is 14.0. The number of anilines is 1. The van der Waals surface area contributed by atoms with Crippen LogP contribution in [0.2, 0.25) is 0 Å². The maximum Gasteiger partial charge on any atom is 0.280 e. The van der Waals surface area contributed by atoms with Crippen molar-refractivity contribution in [3.8, 4) is 5.75 Å². The largest absolute Gasteiger partial charge is 0.491 e. The van der Waals surface area contributed by atoms with E-state index in [0.29, 0.717) is 29.8 Å². The number of rotatable bonds is 9. The number of aliphatic hydroxyl groups excluding tert-OH is 1. The first kappa shape index (κ1) is 17.5. The molecule has 1 unspecified atom stereocenters. The molecule has 1 atom stereocenters. The van der Waals surface area contributed by atoms with Crippen molar-refractivity contribution in [2.75, 3.05) is 31.6 Å². The summed E-state index contributed by atoms with van der Waals surface area (Å²) in [4.78, 5) is 11.3. The Labute approximate surface area is 142 Å². The maximum atomic E-state index is 11.3. The van der Waals surface area contributed by atoms with E-state index in [-0.39, 0.29) is 12.2 Å². The lowest BCUT2D eigenvalue weighted by Gasteiger charge is -2.13. The minimum Gasteiger partial charge on any atom is -0.491 e. The molecule has 1 heterocycles. The molecule has 0 aliphatic rings. The van der Waals surface area contributed by atoms with Gasteiger partial charge in [-0.25, -0.2) is 5.10 Å². The van der Waals surface area contributed by atoms with Gasteiger partial charge in [0.1, 0.15) is 22.9 Å². The second-order valence-corrected chi connectivity index (χ2v) is 5.63. The Hall–Kier alpha value is -1.90. The predicted octanol–water partition coefficient (Wildman–Crippen LogP) is 0.974. The highest BCUT2D eigenvalue weighted by Gasteiger charge is 2.05. The van der Waals surface area contributed by atoms with Crippen molar-refractivity contribution in [1.29, 1.82) is 0 Å². The first-order chi connectivity index (χ1) is 11.2. The standard InChI is InChI=1S/C15H19BrN4O3/c16-14-13(9-19-20-15(14)22)18-7-6-17-8-11(21)10-23-12-4-2-1-3-5-12/h1-5,9,11,17,21H,6-8,10H2,(H2,18,20,22). The molecule has 1 aromatic heterocycles. The third-order valence-corrected chi connectivity index (χ3v) is 3.77. The van der Waals surface area contributed by atoms with Crippen molar-refractivity contribution < 1.29 is 9.84 Å². The summed E-state index contributed by atoms with van der Waals surface area (Å²) in [7, 11) is 0. The number of nitrogens with zero attached hydrogens (tertiary/aromatic N) is 1. The summed E-state index contributed by atoms with van der Waals surface area (Å²) in [6.45, 7) is 1.87. The average Bonchev–Trinajstić information content (AvgIpc) is 2.57. The number of nitrogens with one attached hydrogen (secondary N) is 3. The Morgan fingerprint density at radius 3 is 2.87 bits per heavy atom. The van der Waals surface area contributed by atoms with Crippen molar-refractivity contribution in [3.05, 3.63) is 51.4 Å². The predicted molar refractivity (Wildman–Crippen MR) is 91.9 cm³/mol. The molecule has 0 bridgehead atoms. The maximum absolute atomic E-state index is 11.3. The molecule has 0 aliphatic heterocycles. The van der Waals surface area contributed by atoms with Crippen LogP contribution in [0.1, 0.15) is 0 Å². The van der Waals surface area contributed by atoms with Gasteiger partial charge in [0.15, 0.2) is 0 Å². The van der Waals surface area contributed by atoms with Crippen molar-refractivity contribution in [2.24, 2.45) is 0 Å². The van der Waals surface area contributed by atoms with Crippen molar-refractivity contribution in [3.63, 3.8) is 0 Å². The number of aromatic nitrogens is 2. The summed E-state index contributed by atoms with van der Waals surface area (Å²) in [5.74, 6) is 0.736. The van der Waals surface area contributed by atoms with E-state index < -0.39 is 6.10 Å². The zero-order chi connectivity index (χ0) is 16.5. The van der Waals surface area contributed by atoms with Crippen molar-refractivity contribution in [2.45, 2.75) is 6.10 Å². The fraction of sp³-hybridized carbons (Fsp3) is 0.333. The summed E-state index contributed by atoms with van der Waals surface area (Å²) in [5, 5.41) is 22.1. The van der Waals surface area contributed by atoms with E-state index in [1.807, 2.05) is 30.3 Å². The fourth-order valence-corrected chi connectivity index (χ4v) is 2.16. The number of ether oxygens (including phenoxy) is 1. The van der Waals surface area contributed by atoms with Crippen LogP contribution < -0.4 is 20.9 Å². The normalized spacial score (nSPS) is 11.9. The molecule has 0 saturated carbocycles. The SMILES string of the molecule is O=c1[nH]ncc(NCCNCC(O)COc2ccccc2)c1Br. The van der Waals surface area contributed by atoms with Crippen molar-refractivity contribution >= 4 is 21.6 Å². The van der Waals surface area contributed by atoms with Gasteiger partial charge in [-0.15, -0.1) is 0 Å². The average molecular weight is 383 g/mol. The van der Waals surface area contributed by atoms with Gasteiger partial charge in [0.25, 0.3) is 5.56 Å². The van der Waals surface area contributed by atoms with Crippen LogP contribution in [0.25, 0.3) is 0 Å². The molecule has 0 spiro atoms. The number of hydrogen-bond donors (Lipinski definition) is 4. The minimum absolute atomic E-state index is 0.230. The lowest BCUT2D eigenvalue weighted by atomic mass is 10.3. The molecule has 7 nitrogen and oxygen atoms in total. The highest BCUT2D eigenvalue weighted by atomic mass is 79.9. The molecule has 0 radical (unpaired) electrons. The third kappa shape index (κ3) is 6.01. The molecule has 124 valence electrons. The van der Waals surface area contributed by atoms with Crippen LogP contribution in [0, 0.1) is 0 Å². The lowest BCUT2D eigenvalue weighted by molar-refractivity contribution is 0.107. The quantitative estimate of drug-likeness (QED) is 0.482. The minimum atomic E-state index is -0.594. The highest BCUT2D eigenvalue weighted by Crippen LogP contribution is 2.14. The Kier molecular flexibility index (Phi) is 7.05. The number of aromatic amines is 1. The summed E-state index contributed by atoms with van der Waals surface area (Å²) >= 11 is 3.19. The number of benzene rings is 1. The number of para-hydroxylation sites is 1. The molecule has 0 saturated heterocycles. The van der Waals surface area contributed by atoms with Crippen LogP contribution in [0.15, 0.2) is 45.8 Å². The van der Waals surface area contributed by atoms with Crippen LogP contribution >= 0.6 is 15.9 Å². The molecule has 4 N–H and O–H groups in total. The number of H-pyrrole nitrogens is 1. The molecule has 0 fully saturated rings. The molecule has 0 amide bonds. The van der Waals surface area contributed by atoms with Crippen LogP contribution in [-0.4, -0.2) is 47.6 Å². The molecule has 23 heavy (non-hydrogen) atoms. The van der Waals surface area contributed by atoms with E-state index in [0.717, 1.165) is 5.75 Å². The van der Waals surface area contributed by atoms with Crippen LogP contribution in [0.4, 0.5) is 5.69 Å². The first-order valence-electron chi connectivity index (χ1n) is 7.20. The smallest absolute Gasteiger partial charge is 0.280 e. The zero-order valence-electron chi connectivity index (χ0n) is 12.5. The lowest BCUT2D eigenvalue weighted by Crippen LogP contribution is -2.34. The van der Waals surface area contributed by atoms with E-state index in [2.05, 4.69) is 36.8 Å². The second-order valence-electron chi connectivity index (χ2n) is 4.84. The topological polar surface area (TPSA) is 99.3 Å². The van der Waals surface area contributed by atoms with Gasteiger partial charge >= 0.3 is 0 Å². The third-order valence-electron chi connectivity index (χ3n) is 2.98. The van der Waals surface area contributed by atoms with Gasteiger partial charge in [-0.2, -0.15) is 5.10 Å². The summed E-state index contributed by atoms with van der Waals surface area (Å²) in [5.41, 5.74) is 0.347. The Balaban J connectivity index is 1.60. The Bertz CT molecular complexity index is 651. The molecule has 8 heteroatoms. The van der Waals surface area contributed by atoms with E-state index in [9.17, 15) is 9.90 Å².